The average molecular weight is 341 g/mol. The number of nitrogens with zero attached hydrogens (tertiary/aromatic N) is 2. The third kappa shape index (κ3) is 5.07. The zero-order chi connectivity index (χ0) is 18.2. The molecule has 1 aromatic rings. The number of hydrogen-bond acceptors (Lipinski definition) is 4. The monoisotopic (exact) mass is 341 g/mol. The summed E-state index contributed by atoms with van der Waals surface area (Å²) in [5, 5.41) is 21.5. The summed E-state index contributed by atoms with van der Waals surface area (Å²) in [6, 6.07) is 10.0. The highest BCUT2D eigenvalue weighted by Crippen LogP contribution is 2.24. The van der Waals surface area contributed by atoms with Crippen LogP contribution in [-0.2, 0) is 4.79 Å². The third-order valence-electron chi connectivity index (χ3n) is 4.70. The SMILES string of the molecule is CCC(O)CNC(=O)/C(C#N)=C(\C)c1ccc(N2CCCCC2)cc1. The van der Waals surface area contributed by atoms with E-state index in [-0.39, 0.29) is 12.1 Å². The number of carbonyl (C=O) groups is 1. The van der Waals surface area contributed by atoms with Crippen molar-refractivity contribution in [3.8, 4) is 6.07 Å². The first-order valence-corrected chi connectivity index (χ1v) is 8.99. The van der Waals surface area contributed by atoms with Gasteiger partial charge in [0, 0.05) is 25.3 Å². The molecule has 0 bridgehead atoms. The molecule has 0 aromatic heterocycles. The Balaban J connectivity index is 2.12. The number of allylic oxidation sites excluding steroid dienone is 1. The molecule has 1 unspecified atom stereocenters. The second-order valence-corrected chi connectivity index (χ2v) is 6.48. The van der Waals surface area contributed by atoms with Gasteiger partial charge in [0.1, 0.15) is 11.6 Å². The van der Waals surface area contributed by atoms with E-state index < -0.39 is 12.0 Å². The first-order chi connectivity index (χ1) is 12.1. The summed E-state index contributed by atoms with van der Waals surface area (Å²) < 4.78 is 0. The van der Waals surface area contributed by atoms with E-state index in [1.807, 2.05) is 25.1 Å². The Labute approximate surface area is 150 Å². The van der Waals surface area contributed by atoms with Gasteiger partial charge < -0.3 is 15.3 Å². The molecular formula is C20H27N3O2. The molecule has 0 spiro atoms. The first kappa shape index (κ1) is 19.0. The lowest BCUT2D eigenvalue weighted by Gasteiger charge is -2.28. The topological polar surface area (TPSA) is 76.4 Å². The maximum atomic E-state index is 12.2. The number of anilines is 1. The normalized spacial score (nSPS) is 16.6. The van der Waals surface area contributed by atoms with E-state index in [1.54, 1.807) is 6.92 Å². The Kier molecular flexibility index (Phi) is 7.03. The van der Waals surface area contributed by atoms with Gasteiger partial charge in [-0.1, -0.05) is 19.1 Å². The Morgan fingerprint density at radius 3 is 2.48 bits per heavy atom. The van der Waals surface area contributed by atoms with E-state index in [2.05, 4.69) is 22.3 Å². The highest BCUT2D eigenvalue weighted by molar-refractivity contribution is 6.04. The van der Waals surface area contributed by atoms with E-state index in [1.165, 1.54) is 24.9 Å². The molecule has 0 radical (unpaired) electrons. The molecule has 1 fully saturated rings. The van der Waals surface area contributed by atoms with Crippen molar-refractivity contribution in [2.45, 2.75) is 45.6 Å². The van der Waals surface area contributed by atoms with Crippen molar-refractivity contribution in [3.63, 3.8) is 0 Å². The van der Waals surface area contributed by atoms with Crippen molar-refractivity contribution < 1.29 is 9.90 Å². The highest BCUT2D eigenvalue weighted by Gasteiger charge is 2.16. The molecular weight excluding hydrogens is 314 g/mol. The van der Waals surface area contributed by atoms with Crippen LogP contribution in [0.3, 0.4) is 0 Å². The van der Waals surface area contributed by atoms with Crippen LogP contribution in [0.2, 0.25) is 0 Å². The number of nitriles is 1. The van der Waals surface area contributed by atoms with Gasteiger partial charge in [0.25, 0.3) is 5.91 Å². The number of aliphatic hydroxyl groups is 1. The number of amides is 1. The van der Waals surface area contributed by atoms with Crippen molar-refractivity contribution in [2.75, 3.05) is 24.5 Å². The van der Waals surface area contributed by atoms with Gasteiger partial charge in [0.2, 0.25) is 0 Å². The molecule has 1 aliphatic rings. The Bertz CT molecular complexity index is 653. The summed E-state index contributed by atoms with van der Waals surface area (Å²) >= 11 is 0. The molecule has 2 rings (SSSR count). The van der Waals surface area contributed by atoms with Crippen molar-refractivity contribution in [3.05, 3.63) is 35.4 Å². The quantitative estimate of drug-likeness (QED) is 0.616. The number of rotatable bonds is 6. The molecule has 2 N–H and O–H groups in total. The highest BCUT2D eigenvalue weighted by atomic mass is 16.3. The number of benzene rings is 1. The van der Waals surface area contributed by atoms with Gasteiger partial charge in [-0.3, -0.25) is 4.79 Å². The molecule has 0 saturated carbocycles. The van der Waals surface area contributed by atoms with Crippen LogP contribution in [0.1, 0.15) is 45.1 Å². The molecule has 1 heterocycles. The molecule has 1 aromatic carbocycles. The van der Waals surface area contributed by atoms with E-state index in [0.717, 1.165) is 18.7 Å². The Morgan fingerprint density at radius 2 is 1.92 bits per heavy atom. The van der Waals surface area contributed by atoms with E-state index in [9.17, 15) is 15.2 Å². The van der Waals surface area contributed by atoms with Gasteiger partial charge in [0.05, 0.1) is 6.10 Å². The fourth-order valence-corrected chi connectivity index (χ4v) is 2.97. The smallest absolute Gasteiger partial charge is 0.262 e. The number of carbonyl (C=O) groups excluding carboxylic acids is 1. The number of aliphatic hydroxyl groups excluding tert-OH is 1. The van der Waals surface area contributed by atoms with Gasteiger partial charge in [-0.2, -0.15) is 5.26 Å². The van der Waals surface area contributed by atoms with Crippen molar-refractivity contribution in [1.29, 1.82) is 5.26 Å². The van der Waals surface area contributed by atoms with Crippen LogP contribution in [0, 0.1) is 11.3 Å². The maximum Gasteiger partial charge on any atom is 0.262 e. The van der Waals surface area contributed by atoms with Crippen LogP contribution in [-0.4, -0.2) is 36.8 Å². The van der Waals surface area contributed by atoms with Crippen LogP contribution < -0.4 is 10.2 Å². The van der Waals surface area contributed by atoms with Crippen LogP contribution in [0.15, 0.2) is 29.8 Å². The minimum Gasteiger partial charge on any atom is -0.391 e. The minimum absolute atomic E-state index is 0.0917. The lowest BCUT2D eigenvalue weighted by molar-refractivity contribution is -0.117. The summed E-state index contributed by atoms with van der Waals surface area (Å²) in [5.41, 5.74) is 2.79. The molecule has 1 saturated heterocycles. The fraction of sp³-hybridized carbons (Fsp3) is 0.500. The lowest BCUT2D eigenvalue weighted by atomic mass is 10.0. The first-order valence-electron chi connectivity index (χ1n) is 8.99. The van der Waals surface area contributed by atoms with Gasteiger partial charge >= 0.3 is 0 Å². The van der Waals surface area contributed by atoms with Crippen molar-refractivity contribution >= 4 is 17.2 Å². The van der Waals surface area contributed by atoms with Crippen molar-refractivity contribution in [1.82, 2.24) is 5.32 Å². The molecule has 1 amide bonds. The van der Waals surface area contributed by atoms with E-state index in [4.69, 9.17) is 0 Å². The maximum absolute atomic E-state index is 12.2. The van der Waals surface area contributed by atoms with Crippen LogP contribution in [0.4, 0.5) is 5.69 Å². The Hall–Kier alpha value is -2.32. The molecule has 0 aliphatic carbocycles. The summed E-state index contributed by atoms with van der Waals surface area (Å²) in [4.78, 5) is 14.6. The molecule has 1 aliphatic heterocycles. The summed E-state index contributed by atoms with van der Waals surface area (Å²) in [6.45, 7) is 5.94. The van der Waals surface area contributed by atoms with Crippen molar-refractivity contribution in [2.24, 2.45) is 0 Å². The van der Waals surface area contributed by atoms with Gasteiger partial charge in [-0.05, 0) is 55.9 Å². The molecule has 5 heteroatoms. The Morgan fingerprint density at radius 1 is 1.28 bits per heavy atom. The molecule has 1 atom stereocenters. The van der Waals surface area contributed by atoms with Gasteiger partial charge in [-0.25, -0.2) is 0 Å². The summed E-state index contributed by atoms with van der Waals surface area (Å²) in [6.07, 6.45) is 3.71. The minimum atomic E-state index is -0.590. The predicted octanol–water partition coefficient (Wildman–Crippen LogP) is 2.86. The third-order valence-corrected chi connectivity index (χ3v) is 4.70. The molecule has 5 nitrogen and oxygen atoms in total. The number of nitrogens with one attached hydrogen (secondary N) is 1. The van der Waals surface area contributed by atoms with Crippen LogP contribution in [0.25, 0.3) is 5.57 Å². The van der Waals surface area contributed by atoms with Gasteiger partial charge in [0.15, 0.2) is 0 Å². The lowest BCUT2D eigenvalue weighted by Crippen LogP contribution is -2.32. The number of hydrogen-bond donors (Lipinski definition) is 2. The predicted molar refractivity (Wildman–Crippen MR) is 100 cm³/mol. The second kappa shape index (κ2) is 9.24. The van der Waals surface area contributed by atoms with Crippen LogP contribution >= 0.6 is 0 Å². The molecule has 134 valence electrons. The standard InChI is InChI=1S/C20H27N3O2/c1-3-18(24)14-22-20(25)19(13-21)15(2)16-7-9-17(10-8-16)23-11-5-4-6-12-23/h7-10,18,24H,3-6,11-12,14H2,1-2H3,(H,22,25)/b19-15+. The summed E-state index contributed by atoms with van der Waals surface area (Å²) in [7, 11) is 0. The fourth-order valence-electron chi connectivity index (χ4n) is 2.97. The molecule has 25 heavy (non-hydrogen) atoms. The van der Waals surface area contributed by atoms with Crippen LogP contribution in [0.5, 0.6) is 0 Å². The zero-order valence-corrected chi connectivity index (χ0v) is 15.1. The van der Waals surface area contributed by atoms with E-state index in [0.29, 0.717) is 12.0 Å². The van der Waals surface area contributed by atoms with E-state index >= 15 is 0 Å². The largest absolute Gasteiger partial charge is 0.391 e. The summed E-state index contributed by atoms with van der Waals surface area (Å²) in [5.74, 6) is -0.437. The average Bonchev–Trinajstić information content (AvgIpc) is 2.67. The van der Waals surface area contributed by atoms with Gasteiger partial charge in [-0.15, -0.1) is 0 Å². The number of piperidine rings is 1. The second-order valence-electron chi connectivity index (χ2n) is 6.48. The zero-order valence-electron chi connectivity index (χ0n) is 15.1.